The van der Waals surface area contributed by atoms with Crippen LogP contribution in [0.15, 0.2) is 15.8 Å². The highest BCUT2D eigenvalue weighted by molar-refractivity contribution is 9.09. The molecule has 1 N–H and O–H groups in total. The van der Waals surface area contributed by atoms with Crippen molar-refractivity contribution in [2.45, 2.75) is 32.6 Å². The lowest BCUT2D eigenvalue weighted by atomic mass is 10.0. The van der Waals surface area contributed by atoms with Gasteiger partial charge in [-0.3, -0.25) is 19.1 Å². The van der Waals surface area contributed by atoms with Crippen LogP contribution in [0.25, 0.3) is 0 Å². The lowest BCUT2D eigenvalue weighted by Gasteiger charge is -2.16. The summed E-state index contributed by atoms with van der Waals surface area (Å²) in [6, 6.07) is 0. The zero-order chi connectivity index (χ0) is 15.6. The van der Waals surface area contributed by atoms with E-state index >= 15 is 0 Å². The molecule has 0 amide bonds. The van der Waals surface area contributed by atoms with Gasteiger partial charge in [0.2, 0.25) is 0 Å². The minimum absolute atomic E-state index is 0.135. The van der Waals surface area contributed by atoms with Crippen LogP contribution in [0.1, 0.15) is 25.1 Å². The van der Waals surface area contributed by atoms with E-state index in [1.54, 1.807) is 6.92 Å². The van der Waals surface area contributed by atoms with Crippen LogP contribution in [0.2, 0.25) is 0 Å². The lowest BCUT2D eigenvalue weighted by Crippen LogP contribution is -2.33. The third-order valence-corrected chi connectivity index (χ3v) is 3.97. The molecule has 0 bridgehead atoms. The van der Waals surface area contributed by atoms with Crippen LogP contribution in [-0.2, 0) is 14.3 Å². The molecule has 0 radical (unpaired) electrons. The molecule has 2 rings (SSSR count). The maximum Gasteiger partial charge on any atom is 0.330 e. The number of esters is 1. The molecule has 7 nitrogen and oxygen atoms in total. The fourth-order valence-corrected chi connectivity index (χ4v) is 2.42. The number of alkyl halides is 1. The van der Waals surface area contributed by atoms with Crippen LogP contribution in [0.3, 0.4) is 0 Å². The molecule has 0 spiro atoms. The second-order valence-electron chi connectivity index (χ2n) is 5.14. The van der Waals surface area contributed by atoms with Crippen molar-refractivity contribution in [2.24, 2.45) is 5.92 Å². The van der Waals surface area contributed by atoms with Crippen molar-refractivity contribution in [3.63, 3.8) is 0 Å². The highest BCUT2D eigenvalue weighted by atomic mass is 79.9. The Bertz CT molecular complexity index is 638. The summed E-state index contributed by atoms with van der Waals surface area (Å²) in [5, 5.41) is 0.135. The zero-order valence-corrected chi connectivity index (χ0v) is 13.4. The summed E-state index contributed by atoms with van der Waals surface area (Å²) in [7, 11) is 0. The van der Waals surface area contributed by atoms with Crippen molar-refractivity contribution >= 4 is 21.9 Å². The van der Waals surface area contributed by atoms with Crippen molar-refractivity contribution in [3.05, 3.63) is 32.6 Å². The predicted molar refractivity (Wildman–Crippen MR) is 78.5 cm³/mol. The van der Waals surface area contributed by atoms with E-state index in [4.69, 9.17) is 9.47 Å². The average molecular weight is 361 g/mol. The largest absolute Gasteiger partial charge is 0.462 e. The molecule has 21 heavy (non-hydrogen) atoms. The molecular formula is C13H17BrN2O5. The second kappa shape index (κ2) is 6.57. The summed E-state index contributed by atoms with van der Waals surface area (Å²) >= 11 is 3.02. The van der Waals surface area contributed by atoms with Crippen molar-refractivity contribution in [3.8, 4) is 0 Å². The third-order valence-electron chi connectivity index (χ3n) is 3.51. The highest BCUT2D eigenvalue weighted by Crippen LogP contribution is 2.32. The highest BCUT2D eigenvalue weighted by Gasteiger charge is 2.34. The monoisotopic (exact) mass is 360 g/mol. The molecule has 2 heterocycles. The molecule has 3 atom stereocenters. The summed E-state index contributed by atoms with van der Waals surface area (Å²) in [5.41, 5.74) is -0.453. The quantitative estimate of drug-likeness (QED) is 0.630. The van der Waals surface area contributed by atoms with Crippen molar-refractivity contribution < 1.29 is 14.3 Å². The Morgan fingerprint density at radius 1 is 1.57 bits per heavy atom. The Morgan fingerprint density at radius 2 is 2.29 bits per heavy atom. The molecule has 1 aliphatic heterocycles. The van der Waals surface area contributed by atoms with E-state index in [-0.39, 0.29) is 29.9 Å². The number of aromatic nitrogens is 2. The molecule has 1 fully saturated rings. The first-order chi connectivity index (χ1) is 9.92. The Hall–Kier alpha value is -1.41. The fourth-order valence-electron chi connectivity index (χ4n) is 2.26. The molecule has 8 heteroatoms. The standard InChI is InChI=1S/C13H17BrN2O5/c1-7-3-10(21-9(7)6-20-11(17)4-14)16-5-8(2)12(18)15-13(16)19/h5,7,9-10H,3-4,6H2,1-2H3,(H,15,18,19)/t7-,9-,10-/m1/s1. The number of H-pyrrole nitrogens is 1. The summed E-state index contributed by atoms with van der Waals surface area (Å²) in [6.07, 6.45) is 1.38. The van der Waals surface area contributed by atoms with Gasteiger partial charge in [-0.1, -0.05) is 22.9 Å². The number of carbonyl (C=O) groups is 1. The number of halogens is 1. The van der Waals surface area contributed by atoms with Crippen LogP contribution >= 0.6 is 15.9 Å². The number of ether oxygens (including phenoxy) is 2. The van der Waals surface area contributed by atoms with Crippen molar-refractivity contribution in [2.75, 3.05) is 11.9 Å². The smallest absolute Gasteiger partial charge is 0.330 e. The Kier molecular flexibility index (Phi) is 5.00. The van der Waals surface area contributed by atoms with Gasteiger partial charge in [-0.15, -0.1) is 0 Å². The van der Waals surface area contributed by atoms with Gasteiger partial charge in [0.05, 0.1) is 6.10 Å². The number of nitrogens with zero attached hydrogens (tertiary/aromatic N) is 1. The Labute approximate surface area is 129 Å². The van der Waals surface area contributed by atoms with Crippen molar-refractivity contribution in [1.29, 1.82) is 0 Å². The number of rotatable bonds is 4. The fraction of sp³-hybridized carbons (Fsp3) is 0.615. The second-order valence-corrected chi connectivity index (χ2v) is 5.70. The number of aryl methyl sites for hydroxylation is 1. The minimum Gasteiger partial charge on any atom is -0.462 e. The van der Waals surface area contributed by atoms with Gasteiger partial charge in [-0.25, -0.2) is 4.79 Å². The molecular weight excluding hydrogens is 344 g/mol. The maximum absolute atomic E-state index is 11.8. The Morgan fingerprint density at radius 3 is 2.95 bits per heavy atom. The summed E-state index contributed by atoms with van der Waals surface area (Å²) in [4.78, 5) is 36.6. The summed E-state index contributed by atoms with van der Waals surface area (Å²) in [5.74, 6) is -0.219. The summed E-state index contributed by atoms with van der Waals surface area (Å²) < 4.78 is 12.2. The zero-order valence-electron chi connectivity index (χ0n) is 11.8. The van der Waals surface area contributed by atoms with E-state index in [1.165, 1.54) is 10.8 Å². The molecule has 0 aliphatic carbocycles. The summed E-state index contributed by atoms with van der Waals surface area (Å²) in [6.45, 7) is 3.75. The Balaban J connectivity index is 2.10. The molecule has 0 saturated carbocycles. The van der Waals surface area contributed by atoms with Gasteiger partial charge in [0.1, 0.15) is 18.2 Å². The number of nitrogens with one attached hydrogen (secondary N) is 1. The molecule has 0 aromatic carbocycles. The van der Waals surface area contributed by atoms with Gasteiger partial charge < -0.3 is 9.47 Å². The molecule has 1 saturated heterocycles. The number of hydrogen-bond acceptors (Lipinski definition) is 5. The maximum atomic E-state index is 11.8. The first kappa shape index (κ1) is 16.0. The number of carbonyl (C=O) groups excluding carboxylic acids is 1. The van der Waals surface area contributed by atoms with Gasteiger partial charge in [-0.05, 0) is 19.3 Å². The molecule has 1 aliphatic rings. The average Bonchev–Trinajstić information content (AvgIpc) is 2.81. The van der Waals surface area contributed by atoms with Gasteiger partial charge in [0.15, 0.2) is 0 Å². The molecule has 1 aromatic rings. The molecule has 1 aromatic heterocycles. The minimum atomic E-state index is -0.499. The SMILES string of the molecule is Cc1cn([C@H]2C[C@@H](C)[C@@H](COC(=O)CBr)O2)c(=O)[nH]c1=O. The predicted octanol–water partition coefficient (Wildman–Crippen LogP) is 0.707. The van der Waals surface area contributed by atoms with E-state index in [1.807, 2.05) is 6.92 Å². The topological polar surface area (TPSA) is 90.4 Å². The molecule has 0 unspecified atom stereocenters. The van der Waals surface area contributed by atoms with E-state index < -0.39 is 17.5 Å². The van der Waals surface area contributed by atoms with Gasteiger partial charge >= 0.3 is 11.7 Å². The molecule has 116 valence electrons. The van der Waals surface area contributed by atoms with Crippen molar-refractivity contribution in [1.82, 2.24) is 9.55 Å². The van der Waals surface area contributed by atoms with Crippen LogP contribution in [0, 0.1) is 12.8 Å². The first-order valence-electron chi connectivity index (χ1n) is 6.61. The van der Waals surface area contributed by atoms with Crippen LogP contribution in [0.4, 0.5) is 0 Å². The van der Waals surface area contributed by atoms with E-state index in [0.29, 0.717) is 12.0 Å². The first-order valence-corrected chi connectivity index (χ1v) is 7.73. The third kappa shape index (κ3) is 3.62. The van der Waals surface area contributed by atoms with E-state index in [0.717, 1.165) is 0 Å². The number of hydrogen-bond donors (Lipinski definition) is 1. The van der Waals surface area contributed by atoms with Gasteiger partial charge in [-0.2, -0.15) is 0 Å². The van der Waals surface area contributed by atoms with Crippen LogP contribution in [0.5, 0.6) is 0 Å². The normalized spacial score (nSPS) is 25.0. The van der Waals surface area contributed by atoms with E-state index in [9.17, 15) is 14.4 Å². The van der Waals surface area contributed by atoms with Crippen LogP contribution < -0.4 is 11.2 Å². The van der Waals surface area contributed by atoms with Crippen LogP contribution in [-0.4, -0.2) is 33.6 Å². The van der Waals surface area contributed by atoms with Gasteiger partial charge in [0.25, 0.3) is 5.56 Å². The lowest BCUT2D eigenvalue weighted by molar-refractivity contribution is -0.145. The van der Waals surface area contributed by atoms with E-state index in [2.05, 4.69) is 20.9 Å². The van der Waals surface area contributed by atoms with Gasteiger partial charge in [0, 0.05) is 11.8 Å². The number of aromatic amines is 1.